The molecule has 0 spiro atoms. The SMILES string of the molecule is O=C1c2ccccc2C(=O)N1[C][N+](=O)[O-]. The third kappa shape index (κ3) is 1.35. The van der Waals surface area contributed by atoms with Crippen LogP contribution in [-0.2, 0) is 0 Å². The van der Waals surface area contributed by atoms with E-state index in [1.807, 2.05) is 0 Å². The highest BCUT2D eigenvalue weighted by molar-refractivity contribution is 6.21. The minimum atomic E-state index is -0.957. The van der Waals surface area contributed by atoms with Crippen LogP contribution in [0, 0.1) is 16.8 Å². The van der Waals surface area contributed by atoms with Crippen molar-refractivity contribution in [2.45, 2.75) is 0 Å². The van der Waals surface area contributed by atoms with Crippen molar-refractivity contribution in [3.05, 3.63) is 52.2 Å². The fourth-order valence-corrected chi connectivity index (χ4v) is 1.36. The summed E-state index contributed by atoms with van der Waals surface area (Å²) in [5.74, 6) is -1.43. The van der Waals surface area contributed by atoms with E-state index in [1.54, 1.807) is 18.8 Å². The van der Waals surface area contributed by atoms with Gasteiger partial charge in [0, 0.05) is 0 Å². The van der Waals surface area contributed by atoms with Gasteiger partial charge in [0.2, 0.25) is 0 Å². The predicted octanol–water partition coefficient (Wildman–Crippen LogP) is 0.556. The highest BCUT2D eigenvalue weighted by Crippen LogP contribution is 2.22. The second-order valence-electron chi connectivity index (χ2n) is 2.85. The Bertz CT molecular complexity index is 434. The summed E-state index contributed by atoms with van der Waals surface area (Å²) < 4.78 is 0. The fourth-order valence-electron chi connectivity index (χ4n) is 1.36. The summed E-state index contributed by atoms with van der Waals surface area (Å²) in [7, 11) is 0. The molecule has 2 rings (SSSR count). The van der Waals surface area contributed by atoms with Gasteiger partial charge in [-0.25, -0.2) is 0 Å². The maximum Gasteiger partial charge on any atom is 0.505 e. The molecule has 1 aromatic rings. The molecule has 0 saturated heterocycles. The third-order valence-corrected chi connectivity index (χ3v) is 1.98. The molecule has 1 heterocycles. The van der Waals surface area contributed by atoms with Gasteiger partial charge in [-0.05, 0) is 12.1 Å². The van der Waals surface area contributed by atoms with Crippen LogP contribution in [0.1, 0.15) is 20.7 Å². The molecule has 1 aliphatic heterocycles. The van der Waals surface area contributed by atoms with Crippen LogP contribution in [0.15, 0.2) is 24.3 Å². The Morgan fingerprint density at radius 2 is 1.60 bits per heavy atom. The van der Waals surface area contributed by atoms with Gasteiger partial charge in [-0.2, -0.15) is 4.90 Å². The van der Waals surface area contributed by atoms with Crippen LogP contribution < -0.4 is 0 Å². The molecule has 0 N–H and O–H groups in total. The summed E-state index contributed by atoms with van der Waals surface area (Å²) in [5.41, 5.74) is 0.328. The van der Waals surface area contributed by atoms with E-state index >= 15 is 0 Å². The number of nitrogens with zero attached hydrogens (tertiary/aromatic N) is 2. The zero-order chi connectivity index (χ0) is 11.0. The van der Waals surface area contributed by atoms with Crippen molar-refractivity contribution in [2.75, 3.05) is 0 Å². The van der Waals surface area contributed by atoms with Crippen LogP contribution in [0.5, 0.6) is 0 Å². The van der Waals surface area contributed by atoms with E-state index in [0.29, 0.717) is 4.90 Å². The smallest absolute Gasteiger partial charge is 0.268 e. The Morgan fingerprint density at radius 3 is 2.00 bits per heavy atom. The number of fused-ring (bicyclic) bond motifs is 1. The van der Waals surface area contributed by atoms with E-state index in [2.05, 4.69) is 0 Å². The van der Waals surface area contributed by atoms with E-state index in [1.165, 1.54) is 12.1 Å². The monoisotopic (exact) mass is 204 g/mol. The molecule has 2 radical (unpaired) electrons. The number of hydrogen-bond donors (Lipinski definition) is 0. The molecule has 1 aliphatic rings. The average molecular weight is 204 g/mol. The predicted molar refractivity (Wildman–Crippen MR) is 47.2 cm³/mol. The fraction of sp³-hybridized carbons (Fsp3) is 0. The minimum absolute atomic E-state index is 0.164. The Hall–Kier alpha value is -2.24. The molecule has 1 aromatic carbocycles. The Morgan fingerprint density at radius 1 is 1.13 bits per heavy atom. The normalized spacial score (nSPS) is 14.3. The first kappa shape index (κ1) is 9.32. The molecule has 0 aromatic heterocycles. The molecule has 15 heavy (non-hydrogen) atoms. The standard InChI is InChI=1S/C9H4N2O4/c12-8-6-3-1-2-4-7(6)9(13)10(8)5-11(14)15/h1-4H. The lowest BCUT2D eigenvalue weighted by Crippen LogP contribution is -2.30. The Kier molecular flexibility index (Phi) is 1.96. The lowest BCUT2D eigenvalue weighted by atomic mass is 10.1. The topological polar surface area (TPSA) is 80.5 Å². The average Bonchev–Trinajstić information content (AvgIpc) is 2.44. The van der Waals surface area contributed by atoms with Gasteiger partial charge in [-0.3, -0.25) is 19.7 Å². The summed E-state index contributed by atoms with van der Waals surface area (Å²) in [5, 5.41) is 10.1. The highest BCUT2D eigenvalue weighted by Gasteiger charge is 2.40. The number of nitro groups is 1. The number of imide groups is 1. The Labute approximate surface area is 84.3 Å². The van der Waals surface area contributed by atoms with Crippen LogP contribution >= 0.6 is 0 Å². The second-order valence-corrected chi connectivity index (χ2v) is 2.85. The van der Waals surface area contributed by atoms with Crippen molar-refractivity contribution in [3.8, 4) is 0 Å². The van der Waals surface area contributed by atoms with Gasteiger partial charge in [-0.1, -0.05) is 12.1 Å². The molecule has 0 saturated carbocycles. The summed E-state index contributed by atoms with van der Waals surface area (Å²) in [4.78, 5) is 32.5. The molecule has 0 fully saturated rings. The quantitative estimate of drug-likeness (QED) is 0.305. The first-order chi connectivity index (χ1) is 7.11. The van der Waals surface area contributed by atoms with E-state index in [-0.39, 0.29) is 11.1 Å². The van der Waals surface area contributed by atoms with Crippen LogP contribution in [0.25, 0.3) is 0 Å². The second kappa shape index (κ2) is 3.16. The lowest BCUT2D eigenvalue weighted by Gasteiger charge is -2.02. The van der Waals surface area contributed by atoms with Crippen LogP contribution in [0.4, 0.5) is 0 Å². The van der Waals surface area contributed by atoms with Crippen molar-refractivity contribution in [1.82, 2.24) is 4.90 Å². The maximum absolute atomic E-state index is 11.5. The van der Waals surface area contributed by atoms with Gasteiger partial charge in [0.25, 0.3) is 11.8 Å². The van der Waals surface area contributed by atoms with Crippen molar-refractivity contribution in [2.24, 2.45) is 0 Å². The minimum Gasteiger partial charge on any atom is -0.268 e. The van der Waals surface area contributed by atoms with E-state index in [9.17, 15) is 19.7 Å². The van der Waals surface area contributed by atoms with E-state index < -0.39 is 16.7 Å². The van der Waals surface area contributed by atoms with Crippen LogP contribution in [-0.4, -0.2) is 21.6 Å². The molecule has 6 nitrogen and oxygen atoms in total. The van der Waals surface area contributed by atoms with Crippen molar-refractivity contribution in [3.63, 3.8) is 0 Å². The largest absolute Gasteiger partial charge is 0.505 e. The van der Waals surface area contributed by atoms with Gasteiger partial charge in [0.1, 0.15) is 0 Å². The molecule has 2 amide bonds. The van der Waals surface area contributed by atoms with E-state index in [4.69, 9.17) is 0 Å². The van der Waals surface area contributed by atoms with Gasteiger partial charge in [0.05, 0.1) is 16.1 Å². The van der Waals surface area contributed by atoms with Gasteiger partial charge in [-0.15, -0.1) is 0 Å². The van der Waals surface area contributed by atoms with Gasteiger partial charge in [0.15, 0.2) is 0 Å². The van der Waals surface area contributed by atoms with Crippen molar-refractivity contribution in [1.29, 1.82) is 0 Å². The molecule has 0 atom stereocenters. The third-order valence-electron chi connectivity index (χ3n) is 1.98. The first-order valence-electron chi connectivity index (χ1n) is 4.00. The molecular formula is C9H4N2O4. The molecule has 0 unspecified atom stereocenters. The summed E-state index contributed by atoms with van der Waals surface area (Å²) >= 11 is 0. The molecule has 6 heteroatoms. The highest BCUT2D eigenvalue weighted by atomic mass is 16.6. The first-order valence-corrected chi connectivity index (χ1v) is 4.00. The number of carbonyl (C=O) groups excluding carboxylic acids is 2. The maximum atomic E-state index is 11.5. The Balaban J connectivity index is 2.41. The number of benzene rings is 1. The molecule has 0 bridgehead atoms. The van der Waals surface area contributed by atoms with Crippen LogP contribution in [0.3, 0.4) is 0 Å². The van der Waals surface area contributed by atoms with Crippen molar-refractivity contribution < 1.29 is 14.5 Å². The summed E-state index contributed by atoms with van der Waals surface area (Å²) in [6, 6.07) is 6.05. The van der Waals surface area contributed by atoms with Gasteiger partial charge < -0.3 is 0 Å². The molecule has 0 aliphatic carbocycles. The molecular weight excluding hydrogens is 200 g/mol. The van der Waals surface area contributed by atoms with Gasteiger partial charge >= 0.3 is 6.67 Å². The van der Waals surface area contributed by atoms with Crippen LogP contribution in [0.2, 0.25) is 0 Å². The van der Waals surface area contributed by atoms with E-state index in [0.717, 1.165) is 0 Å². The zero-order valence-electron chi connectivity index (χ0n) is 7.34. The summed E-state index contributed by atoms with van der Waals surface area (Å²) in [6.45, 7) is 1.54. The number of hydrogen-bond acceptors (Lipinski definition) is 4. The number of amides is 2. The lowest BCUT2D eigenvalue weighted by molar-refractivity contribution is -0.449. The molecule has 74 valence electrons. The zero-order valence-corrected chi connectivity index (χ0v) is 7.34. The summed E-state index contributed by atoms with van der Waals surface area (Å²) in [6.07, 6.45) is 0. The number of rotatable bonds is 2. The number of carbonyl (C=O) groups is 2. The van der Waals surface area contributed by atoms with Crippen molar-refractivity contribution >= 4 is 11.8 Å².